The maximum absolute atomic E-state index is 12.9. The zero-order valence-electron chi connectivity index (χ0n) is 20.3. The van der Waals surface area contributed by atoms with Gasteiger partial charge >= 0.3 is 0 Å². The van der Waals surface area contributed by atoms with E-state index in [0.717, 1.165) is 25.7 Å². The molecule has 2 saturated heterocycles. The van der Waals surface area contributed by atoms with Gasteiger partial charge in [0.1, 0.15) is 12.4 Å². The summed E-state index contributed by atoms with van der Waals surface area (Å²) in [6, 6.07) is 3.05. The molecule has 0 aromatic carbocycles. The number of fused-ring (bicyclic) bond motifs is 2. The molecule has 0 radical (unpaired) electrons. The van der Waals surface area contributed by atoms with Gasteiger partial charge in [-0.2, -0.15) is 4.31 Å². The number of hydrogen-bond acceptors (Lipinski definition) is 9. The van der Waals surface area contributed by atoms with E-state index in [-0.39, 0.29) is 33.7 Å². The van der Waals surface area contributed by atoms with Gasteiger partial charge in [-0.1, -0.05) is 0 Å². The Morgan fingerprint density at radius 2 is 1.50 bits per heavy atom. The maximum Gasteiger partial charge on any atom is 0.229 e. The number of aromatic nitrogens is 3. The molecule has 4 fully saturated rings. The first-order valence-electron chi connectivity index (χ1n) is 12.5. The molecule has 2 aromatic rings. The molecule has 4 aliphatic rings. The lowest BCUT2D eigenvalue weighted by atomic mass is 10.0. The summed E-state index contributed by atoms with van der Waals surface area (Å²) in [5, 5.41) is -0.443. The minimum absolute atomic E-state index is 0.0172. The highest BCUT2D eigenvalue weighted by atomic mass is 32.2. The first kappa shape index (κ1) is 24.1. The second-order valence-electron chi connectivity index (χ2n) is 10.4. The molecule has 2 aliphatic carbocycles. The predicted molar refractivity (Wildman–Crippen MR) is 130 cm³/mol. The zero-order chi connectivity index (χ0) is 25.2. The Kier molecular flexibility index (Phi) is 5.76. The lowest BCUT2D eigenvalue weighted by Crippen LogP contribution is -2.50. The van der Waals surface area contributed by atoms with E-state index in [1.165, 1.54) is 12.4 Å². The molecular formula is C24H30N4O6S2. The third-order valence-electron chi connectivity index (χ3n) is 7.61. The number of sulfonamides is 1. The molecule has 6 rings (SSSR count). The summed E-state index contributed by atoms with van der Waals surface area (Å²) in [6.07, 6.45) is 7.16. The van der Waals surface area contributed by atoms with Crippen LogP contribution in [0.3, 0.4) is 0 Å². The molecule has 36 heavy (non-hydrogen) atoms. The number of piperidine rings is 1. The number of nitrogens with zero attached hydrogens (tertiary/aromatic N) is 4. The quantitative estimate of drug-likeness (QED) is 0.502. The standard InChI is InChI=1S/C24H30N4O6S2/c1-14-23(33-18-11-16-3-4-17(12-18)28(16)36(31,32)20-7-8-20)25-13-26-24(14)34-21-9-10-22(27-15(21)2)35(29,30)19-5-6-19/h9-10,13,16-20H,3-8,11-12H2,1-2H3. The fraction of sp³-hybridized carbons (Fsp3) is 0.625. The Hall–Kier alpha value is -2.31. The van der Waals surface area contributed by atoms with Crippen molar-refractivity contribution in [3.63, 3.8) is 0 Å². The van der Waals surface area contributed by atoms with Crippen molar-refractivity contribution in [3.8, 4) is 17.5 Å². The highest BCUT2D eigenvalue weighted by Gasteiger charge is 2.52. The normalized spacial score (nSPS) is 26.7. The summed E-state index contributed by atoms with van der Waals surface area (Å²) in [5.41, 5.74) is 1.07. The number of aryl methyl sites for hydroxylation is 1. The SMILES string of the molecule is Cc1nc(S(=O)(=O)C2CC2)ccc1Oc1ncnc(OC2CC3CCC(C2)N3S(=O)(=O)C2CC2)c1C. The van der Waals surface area contributed by atoms with Crippen LogP contribution in [0.4, 0.5) is 0 Å². The first-order chi connectivity index (χ1) is 17.1. The van der Waals surface area contributed by atoms with Crippen LogP contribution in [0.15, 0.2) is 23.5 Å². The smallest absolute Gasteiger partial charge is 0.229 e. The van der Waals surface area contributed by atoms with Crippen LogP contribution >= 0.6 is 0 Å². The summed E-state index contributed by atoms with van der Waals surface area (Å²) in [6.45, 7) is 3.51. The summed E-state index contributed by atoms with van der Waals surface area (Å²) in [5.74, 6) is 1.12. The molecule has 12 heteroatoms. The van der Waals surface area contributed by atoms with Crippen LogP contribution in [0.1, 0.15) is 62.6 Å². The largest absolute Gasteiger partial charge is 0.474 e. The van der Waals surface area contributed by atoms with E-state index in [1.807, 2.05) is 0 Å². The first-order valence-corrected chi connectivity index (χ1v) is 15.6. The fourth-order valence-corrected chi connectivity index (χ4v) is 9.29. The van der Waals surface area contributed by atoms with Gasteiger partial charge in [0.2, 0.25) is 21.8 Å². The molecule has 10 nitrogen and oxygen atoms in total. The van der Waals surface area contributed by atoms with Crippen molar-refractivity contribution in [2.24, 2.45) is 0 Å². The molecule has 194 valence electrons. The molecule has 2 unspecified atom stereocenters. The van der Waals surface area contributed by atoms with Crippen molar-refractivity contribution in [1.29, 1.82) is 0 Å². The molecule has 2 bridgehead atoms. The molecular weight excluding hydrogens is 504 g/mol. The molecule has 0 N–H and O–H groups in total. The average molecular weight is 535 g/mol. The molecule has 0 amide bonds. The van der Waals surface area contributed by atoms with E-state index >= 15 is 0 Å². The third-order valence-corrected chi connectivity index (χ3v) is 12.3. The van der Waals surface area contributed by atoms with E-state index in [1.54, 1.807) is 24.2 Å². The maximum atomic E-state index is 12.9. The minimum Gasteiger partial charge on any atom is -0.474 e. The van der Waals surface area contributed by atoms with Gasteiger partial charge in [0.25, 0.3) is 0 Å². The van der Waals surface area contributed by atoms with Crippen LogP contribution in [0.25, 0.3) is 0 Å². The van der Waals surface area contributed by atoms with Crippen LogP contribution in [0.5, 0.6) is 17.5 Å². The summed E-state index contributed by atoms with van der Waals surface area (Å²) < 4.78 is 64.8. The Morgan fingerprint density at radius 1 is 0.861 bits per heavy atom. The van der Waals surface area contributed by atoms with Gasteiger partial charge in [0, 0.05) is 24.9 Å². The van der Waals surface area contributed by atoms with Gasteiger partial charge in [-0.25, -0.2) is 31.8 Å². The highest BCUT2D eigenvalue weighted by Crippen LogP contribution is 2.44. The van der Waals surface area contributed by atoms with E-state index < -0.39 is 19.9 Å². The Labute approximate surface area is 211 Å². The van der Waals surface area contributed by atoms with Crippen molar-refractivity contribution in [2.75, 3.05) is 0 Å². The number of hydrogen-bond donors (Lipinski definition) is 0. The minimum atomic E-state index is -3.38. The number of rotatable bonds is 8. The van der Waals surface area contributed by atoms with E-state index in [0.29, 0.717) is 54.5 Å². The van der Waals surface area contributed by atoms with Crippen molar-refractivity contribution in [2.45, 2.75) is 98.9 Å². The molecule has 2 saturated carbocycles. The second kappa shape index (κ2) is 8.63. The lowest BCUT2D eigenvalue weighted by Gasteiger charge is -2.37. The van der Waals surface area contributed by atoms with E-state index in [9.17, 15) is 16.8 Å². The third kappa shape index (κ3) is 4.26. The van der Waals surface area contributed by atoms with Gasteiger partial charge in [-0.15, -0.1) is 0 Å². The molecule has 2 atom stereocenters. The van der Waals surface area contributed by atoms with Crippen LogP contribution in [0, 0.1) is 13.8 Å². The lowest BCUT2D eigenvalue weighted by molar-refractivity contribution is 0.0906. The highest BCUT2D eigenvalue weighted by molar-refractivity contribution is 7.92. The van der Waals surface area contributed by atoms with E-state index in [4.69, 9.17) is 9.47 Å². The van der Waals surface area contributed by atoms with Gasteiger partial charge in [-0.05, 0) is 64.5 Å². The zero-order valence-corrected chi connectivity index (χ0v) is 22.0. The second-order valence-corrected chi connectivity index (χ2v) is 14.7. The van der Waals surface area contributed by atoms with Crippen molar-refractivity contribution in [3.05, 3.63) is 29.7 Å². The summed E-state index contributed by atoms with van der Waals surface area (Å²) in [4.78, 5) is 12.8. The molecule has 2 aliphatic heterocycles. The average Bonchev–Trinajstić information content (AvgIpc) is 3.73. The Bertz CT molecular complexity index is 1390. The number of sulfone groups is 1. The van der Waals surface area contributed by atoms with E-state index in [2.05, 4.69) is 15.0 Å². The van der Waals surface area contributed by atoms with Crippen LogP contribution < -0.4 is 9.47 Å². The Morgan fingerprint density at radius 3 is 2.11 bits per heavy atom. The van der Waals surface area contributed by atoms with Crippen molar-refractivity contribution >= 4 is 19.9 Å². The van der Waals surface area contributed by atoms with Crippen molar-refractivity contribution in [1.82, 2.24) is 19.3 Å². The predicted octanol–water partition coefficient (Wildman–Crippen LogP) is 3.08. The van der Waals surface area contributed by atoms with Crippen LogP contribution in [-0.4, -0.2) is 64.8 Å². The molecule has 0 spiro atoms. The van der Waals surface area contributed by atoms with Crippen LogP contribution in [-0.2, 0) is 19.9 Å². The van der Waals surface area contributed by atoms with Gasteiger partial charge in [0.15, 0.2) is 20.6 Å². The summed E-state index contributed by atoms with van der Waals surface area (Å²) >= 11 is 0. The Balaban J connectivity index is 1.16. The monoisotopic (exact) mass is 534 g/mol. The fourth-order valence-electron chi connectivity index (χ4n) is 5.38. The van der Waals surface area contributed by atoms with Crippen LogP contribution in [0.2, 0.25) is 0 Å². The summed E-state index contributed by atoms with van der Waals surface area (Å²) in [7, 11) is -6.58. The molecule has 4 heterocycles. The van der Waals surface area contributed by atoms with Crippen molar-refractivity contribution < 1.29 is 26.3 Å². The van der Waals surface area contributed by atoms with Gasteiger partial charge < -0.3 is 9.47 Å². The topological polar surface area (TPSA) is 129 Å². The van der Waals surface area contributed by atoms with Gasteiger partial charge in [-0.3, -0.25) is 0 Å². The number of ether oxygens (including phenoxy) is 2. The number of pyridine rings is 1. The molecule has 2 aromatic heterocycles. The van der Waals surface area contributed by atoms with Gasteiger partial charge in [0.05, 0.1) is 21.8 Å².